The molecule has 0 bridgehead atoms. The normalized spacial score (nSPS) is 52.9. The highest BCUT2D eigenvalue weighted by Gasteiger charge is 2.44. The Bertz CT molecular complexity index is 101. The van der Waals surface area contributed by atoms with Gasteiger partial charge in [-0.15, -0.1) is 0 Å². The van der Waals surface area contributed by atoms with Crippen LogP contribution >= 0.6 is 0 Å². The molecule has 0 spiro atoms. The summed E-state index contributed by atoms with van der Waals surface area (Å²) in [5, 5.41) is 0. The van der Waals surface area contributed by atoms with Crippen LogP contribution in [0.3, 0.4) is 0 Å². The summed E-state index contributed by atoms with van der Waals surface area (Å²) in [5.41, 5.74) is 0. The highest BCUT2D eigenvalue weighted by Crippen LogP contribution is 2.44. The van der Waals surface area contributed by atoms with E-state index in [-0.39, 0.29) is 0 Å². The van der Waals surface area contributed by atoms with Crippen molar-refractivity contribution >= 4 is 0 Å². The Kier molecular flexibility index (Phi) is 0.884. The molecule has 1 nitrogen and oxygen atoms in total. The van der Waals surface area contributed by atoms with E-state index in [4.69, 9.17) is 4.74 Å². The van der Waals surface area contributed by atoms with E-state index in [2.05, 4.69) is 6.92 Å². The van der Waals surface area contributed by atoms with E-state index in [1.54, 1.807) is 0 Å². The van der Waals surface area contributed by atoms with E-state index in [0.29, 0.717) is 6.10 Å². The molecule has 1 heteroatoms. The summed E-state index contributed by atoms with van der Waals surface area (Å²) in [6.45, 7) is 3.36. The second-order valence-corrected chi connectivity index (χ2v) is 3.07. The minimum absolute atomic E-state index is 0.679. The fraction of sp³-hybridized carbons (Fsp3) is 1.00. The van der Waals surface area contributed by atoms with Crippen LogP contribution in [-0.4, -0.2) is 12.7 Å². The number of hydrogen-bond acceptors (Lipinski definition) is 1. The lowest BCUT2D eigenvalue weighted by atomic mass is 10.0. The largest absolute Gasteiger partial charge is 0.378 e. The Hall–Kier alpha value is -0.0400. The van der Waals surface area contributed by atoms with Crippen molar-refractivity contribution in [2.75, 3.05) is 6.61 Å². The molecule has 0 amide bonds. The van der Waals surface area contributed by atoms with Crippen molar-refractivity contribution in [1.82, 2.24) is 0 Å². The lowest BCUT2D eigenvalue weighted by molar-refractivity contribution is 0.0580. The van der Waals surface area contributed by atoms with Gasteiger partial charge in [0.15, 0.2) is 0 Å². The van der Waals surface area contributed by atoms with E-state index >= 15 is 0 Å². The summed E-state index contributed by atoms with van der Waals surface area (Å²) >= 11 is 0. The molecule has 1 saturated heterocycles. The lowest BCUT2D eigenvalue weighted by Crippen LogP contribution is -2.14. The summed E-state index contributed by atoms with van der Waals surface area (Å²) in [6.07, 6.45) is 3.32. The number of fused-ring (bicyclic) bond motifs is 1. The summed E-state index contributed by atoms with van der Waals surface area (Å²) in [4.78, 5) is 0. The van der Waals surface area contributed by atoms with Crippen LogP contribution in [0.2, 0.25) is 0 Å². The van der Waals surface area contributed by atoms with Gasteiger partial charge in [-0.2, -0.15) is 0 Å². The quantitative estimate of drug-likeness (QED) is 0.460. The van der Waals surface area contributed by atoms with Crippen LogP contribution in [0.15, 0.2) is 0 Å². The van der Waals surface area contributed by atoms with Gasteiger partial charge in [0.25, 0.3) is 0 Å². The molecule has 2 aliphatic rings. The minimum Gasteiger partial charge on any atom is -0.378 e. The van der Waals surface area contributed by atoms with Crippen LogP contribution in [0.1, 0.15) is 19.8 Å². The van der Waals surface area contributed by atoms with Crippen LogP contribution in [-0.2, 0) is 4.74 Å². The van der Waals surface area contributed by atoms with E-state index in [1.165, 1.54) is 12.8 Å². The molecule has 3 atom stereocenters. The summed E-state index contributed by atoms with van der Waals surface area (Å²) in [5.74, 6) is 1.90. The molecular weight excluding hydrogens is 100 g/mol. The van der Waals surface area contributed by atoms with E-state index < -0.39 is 0 Å². The molecule has 2 fully saturated rings. The molecule has 1 aliphatic carbocycles. The fourth-order valence-electron chi connectivity index (χ4n) is 1.60. The maximum absolute atomic E-state index is 5.42. The Morgan fingerprint density at radius 2 is 2.38 bits per heavy atom. The third kappa shape index (κ3) is 0.576. The fourth-order valence-corrected chi connectivity index (χ4v) is 1.60. The predicted molar refractivity (Wildman–Crippen MR) is 31.6 cm³/mol. The van der Waals surface area contributed by atoms with Gasteiger partial charge in [-0.25, -0.2) is 0 Å². The zero-order chi connectivity index (χ0) is 5.56. The third-order valence-electron chi connectivity index (χ3n) is 2.41. The lowest BCUT2D eigenvalue weighted by Gasteiger charge is -2.16. The Balaban J connectivity index is 1.99. The average Bonchev–Trinajstić information content (AvgIpc) is 2.45. The monoisotopic (exact) mass is 112 g/mol. The zero-order valence-electron chi connectivity index (χ0n) is 5.26. The van der Waals surface area contributed by atoms with Crippen molar-refractivity contribution in [1.29, 1.82) is 0 Å². The number of ether oxygens (including phenoxy) is 1. The van der Waals surface area contributed by atoms with Crippen molar-refractivity contribution in [3.63, 3.8) is 0 Å². The maximum atomic E-state index is 5.42. The molecule has 0 N–H and O–H groups in total. The average molecular weight is 112 g/mol. The second kappa shape index (κ2) is 1.47. The SMILES string of the molecule is C[C@H]1CCOC2CC21. The van der Waals surface area contributed by atoms with Crippen molar-refractivity contribution in [2.45, 2.75) is 25.9 Å². The van der Waals surface area contributed by atoms with Gasteiger partial charge in [-0.05, 0) is 24.7 Å². The zero-order valence-corrected chi connectivity index (χ0v) is 5.26. The van der Waals surface area contributed by atoms with Gasteiger partial charge in [-0.3, -0.25) is 0 Å². The smallest absolute Gasteiger partial charge is 0.0610 e. The molecule has 0 radical (unpaired) electrons. The molecule has 0 aromatic carbocycles. The van der Waals surface area contributed by atoms with Crippen molar-refractivity contribution in [2.24, 2.45) is 11.8 Å². The molecule has 2 rings (SSSR count). The van der Waals surface area contributed by atoms with Gasteiger partial charge >= 0.3 is 0 Å². The van der Waals surface area contributed by atoms with Gasteiger partial charge in [0.05, 0.1) is 6.10 Å². The van der Waals surface area contributed by atoms with Crippen molar-refractivity contribution < 1.29 is 4.74 Å². The first-order valence-electron chi connectivity index (χ1n) is 3.49. The number of hydrogen-bond donors (Lipinski definition) is 0. The summed E-state index contributed by atoms with van der Waals surface area (Å²) in [6, 6.07) is 0. The molecule has 1 saturated carbocycles. The van der Waals surface area contributed by atoms with Crippen molar-refractivity contribution in [3.05, 3.63) is 0 Å². The molecule has 0 aromatic rings. The Morgan fingerprint density at radius 1 is 1.50 bits per heavy atom. The van der Waals surface area contributed by atoms with Crippen LogP contribution < -0.4 is 0 Å². The topological polar surface area (TPSA) is 9.23 Å². The predicted octanol–water partition coefficient (Wildman–Crippen LogP) is 1.43. The van der Waals surface area contributed by atoms with Crippen LogP contribution in [0.25, 0.3) is 0 Å². The van der Waals surface area contributed by atoms with Crippen LogP contribution in [0, 0.1) is 11.8 Å². The van der Waals surface area contributed by atoms with Crippen molar-refractivity contribution in [3.8, 4) is 0 Å². The maximum Gasteiger partial charge on any atom is 0.0610 e. The van der Waals surface area contributed by atoms with Gasteiger partial charge in [0, 0.05) is 6.61 Å². The van der Waals surface area contributed by atoms with Gasteiger partial charge in [-0.1, -0.05) is 6.92 Å². The first kappa shape index (κ1) is 4.80. The highest BCUT2D eigenvalue weighted by molar-refractivity contribution is 4.93. The Morgan fingerprint density at radius 3 is 3.00 bits per heavy atom. The van der Waals surface area contributed by atoms with Gasteiger partial charge in [0.1, 0.15) is 0 Å². The molecule has 2 unspecified atom stereocenters. The van der Waals surface area contributed by atoms with E-state index in [0.717, 1.165) is 18.4 Å². The van der Waals surface area contributed by atoms with E-state index in [9.17, 15) is 0 Å². The molecular formula is C7H12O. The molecule has 46 valence electrons. The van der Waals surface area contributed by atoms with Gasteiger partial charge < -0.3 is 4.74 Å². The summed E-state index contributed by atoms with van der Waals surface area (Å²) < 4.78 is 5.42. The highest BCUT2D eigenvalue weighted by atomic mass is 16.5. The first-order valence-corrected chi connectivity index (χ1v) is 3.49. The van der Waals surface area contributed by atoms with Gasteiger partial charge in [0.2, 0.25) is 0 Å². The van der Waals surface area contributed by atoms with Crippen LogP contribution in [0.4, 0.5) is 0 Å². The summed E-state index contributed by atoms with van der Waals surface area (Å²) in [7, 11) is 0. The number of rotatable bonds is 0. The standard InChI is InChI=1S/C7H12O/c1-5-2-3-8-7-4-6(5)7/h5-7H,2-4H2,1H3/t5-,6?,7?/m0/s1. The first-order chi connectivity index (χ1) is 3.88. The second-order valence-electron chi connectivity index (χ2n) is 3.07. The minimum atomic E-state index is 0.679. The molecule has 8 heavy (non-hydrogen) atoms. The molecule has 1 heterocycles. The molecule has 1 aliphatic heterocycles. The third-order valence-corrected chi connectivity index (χ3v) is 2.41. The Labute approximate surface area is 50.0 Å². The van der Waals surface area contributed by atoms with E-state index in [1.807, 2.05) is 0 Å². The van der Waals surface area contributed by atoms with Crippen LogP contribution in [0.5, 0.6) is 0 Å². The molecule has 0 aromatic heterocycles.